The summed E-state index contributed by atoms with van der Waals surface area (Å²) in [5, 5.41) is 3.13. The number of ether oxygens (including phenoxy) is 1. The van der Waals surface area contributed by atoms with Crippen LogP contribution >= 0.6 is 0 Å². The first-order valence-electron chi connectivity index (χ1n) is 6.06. The topological polar surface area (TPSA) is 41.6 Å². The van der Waals surface area contributed by atoms with Crippen molar-refractivity contribution >= 4 is 11.6 Å². The Labute approximate surface area is 102 Å². The number of hydrogen-bond donors (Lipinski definition) is 1. The molecule has 1 aliphatic heterocycles. The van der Waals surface area contributed by atoms with E-state index in [4.69, 9.17) is 4.74 Å². The summed E-state index contributed by atoms with van der Waals surface area (Å²) < 4.78 is 5.52. The predicted octanol–water partition coefficient (Wildman–Crippen LogP) is 1.41. The summed E-state index contributed by atoms with van der Waals surface area (Å²) in [4.78, 5) is 13.8. The van der Waals surface area contributed by atoms with Crippen molar-refractivity contribution in [2.24, 2.45) is 0 Å². The lowest BCUT2D eigenvalue weighted by molar-refractivity contribution is -0.118. The molecule has 17 heavy (non-hydrogen) atoms. The number of amides is 1. The van der Waals surface area contributed by atoms with Gasteiger partial charge in [0.2, 0.25) is 5.91 Å². The zero-order valence-corrected chi connectivity index (χ0v) is 10.1. The van der Waals surface area contributed by atoms with Crippen molar-refractivity contribution in [3.05, 3.63) is 24.3 Å². The highest BCUT2D eigenvalue weighted by molar-refractivity contribution is 5.96. The quantitative estimate of drug-likeness (QED) is 0.801. The second-order valence-electron chi connectivity index (χ2n) is 4.04. The van der Waals surface area contributed by atoms with E-state index in [2.05, 4.69) is 12.2 Å². The summed E-state index contributed by atoms with van der Waals surface area (Å²) in [5.41, 5.74) is 0.877. The van der Waals surface area contributed by atoms with E-state index in [0.717, 1.165) is 24.4 Å². The fourth-order valence-electron chi connectivity index (χ4n) is 1.90. The van der Waals surface area contributed by atoms with E-state index < -0.39 is 0 Å². The third kappa shape index (κ3) is 2.77. The average molecular weight is 234 g/mol. The molecule has 1 N–H and O–H groups in total. The maximum absolute atomic E-state index is 12.0. The molecule has 1 aliphatic rings. The maximum Gasteiger partial charge on any atom is 0.241 e. The molecule has 1 amide bonds. The van der Waals surface area contributed by atoms with Crippen molar-refractivity contribution in [1.29, 1.82) is 0 Å². The van der Waals surface area contributed by atoms with Gasteiger partial charge in [0.1, 0.15) is 12.4 Å². The molecule has 92 valence electrons. The standard InChI is InChI=1S/C13H18N2O2/c1-2-7-14-10-13(16)15-8-9-17-12-6-4-3-5-11(12)15/h3-6,14H,2,7-10H2,1H3. The van der Waals surface area contributed by atoms with Gasteiger partial charge >= 0.3 is 0 Å². The molecule has 0 radical (unpaired) electrons. The van der Waals surface area contributed by atoms with Crippen LogP contribution in [0.25, 0.3) is 0 Å². The Morgan fingerprint density at radius 3 is 3.12 bits per heavy atom. The van der Waals surface area contributed by atoms with E-state index in [0.29, 0.717) is 19.7 Å². The van der Waals surface area contributed by atoms with Crippen LogP contribution in [0.15, 0.2) is 24.3 Å². The average Bonchev–Trinajstić information content (AvgIpc) is 2.38. The van der Waals surface area contributed by atoms with E-state index in [1.807, 2.05) is 24.3 Å². The summed E-state index contributed by atoms with van der Waals surface area (Å²) >= 11 is 0. The van der Waals surface area contributed by atoms with Crippen LogP contribution in [0, 0.1) is 0 Å². The molecule has 0 saturated heterocycles. The molecule has 1 aromatic carbocycles. The SMILES string of the molecule is CCCNCC(=O)N1CCOc2ccccc21. The minimum absolute atomic E-state index is 0.106. The second-order valence-corrected chi connectivity index (χ2v) is 4.04. The summed E-state index contributed by atoms with van der Waals surface area (Å²) in [6, 6.07) is 7.66. The second kappa shape index (κ2) is 5.68. The fraction of sp³-hybridized carbons (Fsp3) is 0.462. The minimum Gasteiger partial charge on any atom is -0.490 e. The van der Waals surface area contributed by atoms with Gasteiger partial charge < -0.3 is 15.0 Å². The Morgan fingerprint density at radius 1 is 1.47 bits per heavy atom. The Morgan fingerprint density at radius 2 is 2.29 bits per heavy atom. The van der Waals surface area contributed by atoms with Crippen molar-refractivity contribution in [2.45, 2.75) is 13.3 Å². The first-order valence-corrected chi connectivity index (χ1v) is 6.06. The first kappa shape index (κ1) is 11.9. The molecule has 1 aromatic rings. The lowest BCUT2D eigenvalue weighted by Gasteiger charge is -2.29. The van der Waals surface area contributed by atoms with Crippen molar-refractivity contribution in [3.8, 4) is 5.75 Å². The van der Waals surface area contributed by atoms with Gasteiger partial charge in [-0.25, -0.2) is 0 Å². The largest absolute Gasteiger partial charge is 0.490 e. The number of anilines is 1. The number of benzene rings is 1. The highest BCUT2D eigenvalue weighted by atomic mass is 16.5. The molecular weight excluding hydrogens is 216 g/mol. The summed E-state index contributed by atoms with van der Waals surface area (Å²) in [5.74, 6) is 0.900. The molecule has 0 saturated carbocycles. The van der Waals surface area contributed by atoms with Crippen molar-refractivity contribution in [2.75, 3.05) is 31.1 Å². The number of rotatable bonds is 4. The number of carbonyl (C=O) groups is 1. The highest BCUT2D eigenvalue weighted by Gasteiger charge is 2.22. The Hall–Kier alpha value is -1.55. The van der Waals surface area contributed by atoms with Crippen molar-refractivity contribution in [1.82, 2.24) is 5.32 Å². The number of carbonyl (C=O) groups excluding carboxylic acids is 1. The van der Waals surface area contributed by atoms with Gasteiger partial charge in [-0.2, -0.15) is 0 Å². The number of nitrogens with one attached hydrogen (secondary N) is 1. The van der Waals surface area contributed by atoms with Crippen molar-refractivity contribution < 1.29 is 9.53 Å². The zero-order chi connectivity index (χ0) is 12.1. The minimum atomic E-state index is 0.106. The lowest BCUT2D eigenvalue weighted by Crippen LogP contribution is -2.42. The predicted molar refractivity (Wildman–Crippen MR) is 67.5 cm³/mol. The maximum atomic E-state index is 12.0. The van der Waals surface area contributed by atoms with Gasteiger partial charge in [-0.05, 0) is 25.1 Å². The molecule has 0 bridgehead atoms. The Bertz CT molecular complexity index is 393. The molecule has 0 fully saturated rings. The zero-order valence-electron chi connectivity index (χ0n) is 10.1. The van der Waals surface area contributed by atoms with Crippen LogP contribution in [0.1, 0.15) is 13.3 Å². The fourth-order valence-corrected chi connectivity index (χ4v) is 1.90. The van der Waals surface area contributed by atoms with Crippen molar-refractivity contribution in [3.63, 3.8) is 0 Å². The molecule has 0 unspecified atom stereocenters. The molecule has 1 heterocycles. The van der Waals surface area contributed by atoms with Crippen LogP contribution in [0.5, 0.6) is 5.75 Å². The van der Waals surface area contributed by atoms with Crippen LogP contribution < -0.4 is 15.0 Å². The monoisotopic (exact) mass is 234 g/mol. The number of para-hydroxylation sites is 2. The molecular formula is C13H18N2O2. The van der Waals surface area contributed by atoms with Crippen LogP contribution in [0.3, 0.4) is 0 Å². The third-order valence-corrected chi connectivity index (χ3v) is 2.73. The summed E-state index contributed by atoms with van der Waals surface area (Å²) in [6.07, 6.45) is 1.03. The molecule has 0 aromatic heterocycles. The van der Waals surface area contributed by atoms with E-state index in [9.17, 15) is 4.79 Å². The normalized spacial score (nSPS) is 14.1. The van der Waals surface area contributed by atoms with Gasteiger partial charge in [-0.1, -0.05) is 19.1 Å². The van der Waals surface area contributed by atoms with E-state index >= 15 is 0 Å². The third-order valence-electron chi connectivity index (χ3n) is 2.73. The molecule has 4 nitrogen and oxygen atoms in total. The van der Waals surface area contributed by atoms with E-state index in [1.165, 1.54) is 0 Å². The van der Waals surface area contributed by atoms with Gasteiger partial charge in [0.15, 0.2) is 0 Å². The van der Waals surface area contributed by atoms with E-state index in [1.54, 1.807) is 4.90 Å². The smallest absolute Gasteiger partial charge is 0.241 e. The van der Waals surface area contributed by atoms with Crippen LogP contribution in [-0.2, 0) is 4.79 Å². The van der Waals surface area contributed by atoms with E-state index in [-0.39, 0.29) is 5.91 Å². The van der Waals surface area contributed by atoms with Crippen LogP contribution in [0.4, 0.5) is 5.69 Å². The van der Waals surface area contributed by atoms with Crippen LogP contribution in [-0.4, -0.2) is 32.1 Å². The van der Waals surface area contributed by atoms with Gasteiger partial charge in [0, 0.05) is 0 Å². The molecule has 2 rings (SSSR count). The Kier molecular flexibility index (Phi) is 3.98. The van der Waals surface area contributed by atoms with Gasteiger partial charge in [-0.3, -0.25) is 4.79 Å². The highest BCUT2D eigenvalue weighted by Crippen LogP contribution is 2.30. The molecule has 0 atom stereocenters. The number of nitrogens with zero attached hydrogens (tertiary/aromatic N) is 1. The summed E-state index contributed by atoms with van der Waals surface area (Å²) in [6.45, 7) is 4.54. The van der Waals surface area contributed by atoms with Gasteiger partial charge in [-0.15, -0.1) is 0 Å². The molecule has 4 heteroatoms. The lowest BCUT2D eigenvalue weighted by atomic mass is 10.2. The Balaban J connectivity index is 2.05. The molecule has 0 spiro atoms. The first-order chi connectivity index (χ1) is 8.33. The number of hydrogen-bond acceptors (Lipinski definition) is 3. The summed E-state index contributed by atoms with van der Waals surface area (Å²) in [7, 11) is 0. The van der Waals surface area contributed by atoms with Gasteiger partial charge in [0.25, 0.3) is 0 Å². The van der Waals surface area contributed by atoms with Gasteiger partial charge in [0.05, 0.1) is 18.8 Å². The van der Waals surface area contributed by atoms with Crippen LogP contribution in [0.2, 0.25) is 0 Å². The number of fused-ring (bicyclic) bond motifs is 1. The molecule has 0 aliphatic carbocycles.